The highest BCUT2D eigenvalue weighted by molar-refractivity contribution is 5.29. The highest BCUT2D eigenvalue weighted by atomic mass is 16.5. The minimum atomic E-state index is 0.248. The molecule has 1 saturated heterocycles. The standard InChI is InChI=1S/C14H22N2O2/c1-3-15-9-13-14(7-6-11(2)16-13)18-10-12-5-4-8-17-12/h6-7,12,15H,3-5,8-10H2,1-2H3. The molecule has 0 bridgehead atoms. The van der Waals surface area contributed by atoms with Gasteiger partial charge in [-0.25, -0.2) is 0 Å². The third kappa shape index (κ3) is 3.68. The maximum absolute atomic E-state index is 5.85. The molecular formula is C14H22N2O2. The summed E-state index contributed by atoms with van der Waals surface area (Å²) in [5.74, 6) is 0.872. The molecule has 18 heavy (non-hydrogen) atoms. The van der Waals surface area contributed by atoms with Crippen LogP contribution in [-0.2, 0) is 11.3 Å². The van der Waals surface area contributed by atoms with E-state index in [9.17, 15) is 0 Å². The summed E-state index contributed by atoms with van der Waals surface area (Å²) in [6, 6.07) is 3.99. The summed E-state index contributed by atoms with van der Waals surface area (Å²) in [6.45, 7) is 7.26. The smallest absolute Gasteiger partial charge is 0.142 e. The van der Waals surface area contributed by atoms with E-state index in [1.54, 1.807) is 0 Å². The van der Waals surface area contributed by atoms with Crippen LogP contribution < -0.4 is 10.1 Å². The fourth-order valence-corrected chi connectivity index (χ4v) is 2.06. The Morgan fingerprint density at radius 2 is 2.39 bits per heavy atom. The Morgan fingerprint density at radius 3 is 3.11 bits per heavy atom. The first-order valence-corrected chi connectivity index (χ1v) is 6.71. The van der Waals surface area contributed by atoms with E-state index < -0.39 is 0 Å². The van der Waals surface area contributed by atoms with Crippen molar-refractivity contribution in [1.29, 1.82) is 0 Å². The summed E-state index contributed by atoms with van der Waals surface area (Å²) in [5, 5.41) is 3.29. The van der Waals surface area contributed by atoms with Crippen LogP contribution in [0.15, 0.2) is 12.1 Å². The van der Waals surface area contributed by atoms with Crippen molar-refractivity contribution >= 4 is 0 Å². The Kier molecular flexibility index (Phi) is 4.96. The topological polar surface area (TPSA) is 43.4 Å². The zero-order valence-corrected chi connectivity index (χ0v) is 11.2. The molecule has 1 aliphatic rings. The fraction of sp³-hybridized carbons (Fsp3) is 0.643. The van der Waals surface area contributed by atoms with E-state index >= 15 is 0 Å². The number of aryl methyl sites for hydroxylation is 1. The second-order valence-electron chi connectivity index (χ2n) is 4.62. The Balaban J connectivity index is 1.96. The molecule has 1 aliphatic heterocycles. The first-order chi connectivity index (χ1) is 8.79. The predicted octanol–water partition coefficient (Wildman–Crippen LogP) is 2.06. The molecule has 0 saturated carbocycles. The van der Waals surface area contributed by atoms with Gasteiger partial charge in [-0.05, 0) is 38.4 Å². The van der Waals surface area contributed by atoms with Gasteiger partial charge in [-0.3, -0.25) is 4.98 Å². The van der Waals surface area contributed by atoms with Crippen molar-refractivity contribution in [2.24, 2.45) is 0 Å². The van der Waals surface area contributed by atoms with Crippen LogP contribution in [0, 0.1) is 6.92 Å². The lowest BCUT2D eigenvalue weighted by atomic mass is 10.2. The predicted molar refractivity (Wildman–Crippen MR) is 70.8 cm³/mol. The zero-order valence-electron chi connectivity index (χ0n) is 11.2. The van der Waals surface area contributed by atoms with Gasteiger partial charge in [-0.2, -0.15) is 0 Å². The molecule has 0 spiro atoms. The van der Waals surface area contributed by atoms with Crippen molar-refractivity contribution in [3.05, 3.63) is 23.5 Å². The molecule has 4 nitrogen and oxygen atoms in total. The Morgan fingerprint density at radius 1 is 1.50 bits per heavy atom. The van der Waals surface area contributed by atoms with Gasteiger partial charge in [-0.15, -0.1) is 0 Å². The van der Waals surface area contributed by atoms with E-state index in [1.807, 2.05) is 19.1 Å². The second kappa shape index (κ2) is 6.71. The van der Waals surface area contributed by atoms with Crippen molar-refractivity contribution in [1.82, 2.24) is 10.3 Å². The monoisotopic (exact) mass is 250 g/mol. The van der Waals surface area contributed by atoms with Crippen LogP contribution in [0.3, 0.4) is 0 Å². The number of pyridine rings is 1. The van der Waals surface area contributed by atoms with Crippen LogP contribution in [0.25, 0.3) is 0 Å². The third-order valence-electron chi connectivity index (χ3n) is 3.06. The van der Waals surface area contributed by atoms with Gasteiger partial charge in [0.2, 0.25) is 0 Å². The molecule has 1 N–H and O–H groups in total. The molecule has 1 aromatic rings. The van der Waals surface area contributed by atoms with E-state index in [-0.39, 0.29) is 6.10 Å². The van der Waals surface area contributed by atoms with Gasteiger partial charge < -0.3 is 14.8 Å². The van der Waals surface area contributed by atoms with E-state index in [4.69, 9.17) is 9.47 Å². The van der Waals surface area contributed by atoms with Crippen molar-refractivity contribution in [3.63, 3.8) is 0 Å². The Labute approximate surface area is 109 Å². The number of nitrogens with zero attached hydrogens (tertiary/aromatic N) is 1. The average molecular weight is 250 g/mol. The van der Waals surface area contributed by atoms with Gasteiger partial charge in [0.15, 0.2) is 0 Å². The van der Waals surface area contributed by atoms with Crippen LogP contribution in [0.4, 0.5) is 0 Å². The minimum Gasteiger partial charge on any atom is -0.489 e. The molecule has 0 radical (unpaired) electrons. The molecule has 0 amide bonds. The number of hydrogen-bond acceptors (Lipinski definition) is 4. The molecule has 0 aromatic carbocycles. The number of nitrogens with one attached hydrogen (secondary N) is 1. The highest BCUT2D eigenvalue weighted by Gasteiger charge is 2.17. The number of rotatable bonds is 6. The largest absolute Gasteiger partial charge is 0.489 e. The fourth-order valence-electron chi connectivity index (χ4n) is 2.06. The molecule has 1 aromatic heterocycles. The van der Waals surface area contributed by atoms with Crippen LogP contribution in [0.1, 0.15) is 31.2 Å². The normalized spacial score (nSPS) is 19.1. The molecule has 4 heteroatoms. The summed E-state index contributed by atoms with van der Waals surface area (Å²) < 4.78 is 11.4. The zero-order chi connectivity index (χ0) is 12.8. The molecule has 2 heterocycles. The molecule has 1 atom stereocenters. The Bertz CT molecular complexity index is 376. The van der Waals surface area contributed by atoms with Gasteiger partial charge in [-0.1, -0.05) is 6.92 Å². The molecule has 1 fully saturated rings. The lowest BCUT2D eigenvalue weighted by molar-refractivity contribution is 0.0674. The van der Waals surface area contributed by atoms with Gasteiger partial charge in [0.25, 0.3) is 0 Å². The van der Waals surface area contributed by atoms with Gasteiger partial charge in [0.05, 0.1) is 11.8 Å². The quantitative estimate of drug-likeness (QED) is 0.839. The lowest BCUT2D eigenvalue weighted by Crippen LogP contribution is -2.19. The van der Waals surface area contributed by atoms with E-state index in [2.05, 4.69) is 17.2 Å². The van der Waals surface area contributed by atoms with Crippen molar-refractivity contribution in [2.45, 2.75) is 39.3 Å². The first kappa shape index (κ1) is 13.3. The molecule has 1 unspecified atom stereocenters. The summed E-state index contributed by atoms with van der Waals surface area (Å²) in [7, 11) is 0. The summed E-state index contributed by atoms with van der Waals surface area (Å²) in [4.78, 5) is 4.53. The molecular weight excluding hydrogens is 228 g/mol. The summed E-state index contributed by atoms with van der Waals surface area (Å²) in [6.07, 6.45) is 2.49. The maximum Gasteiger partial charge on any atom is 0.142 e. The Hall–Kier alpha value is -1.13. The summed E-state index contributed by atoms with van der Waals surface area (Å²) in [5.41, 5.74) is 2.00. The number of aromatic nitrogens is 1. The first-order valence-electron chi connectivity index (χ1n) is 6.71. The van der Waals surface area contributed by atoms with Gasteiger partial charge >= 0.3 is 0 Å². The number of ether oxygens (including phenoxy) is 2. The second-order valence-corrected chi connectivity index (χ2v) is 4.62. The summed E-state index contributed by atoms with van der Waals surface area (Å²) >= 11 is 0. The SMILES string of the molecule is CCNCc1nc(C)ccc1OCC1CCCO1. The lowest BCUT2D eigenvalue weighted by Gasteiger charge is -2.14. The molecule has 100 valence electrons. The van der Waals surface area contributed by atoms with Crippen molar-refractivity contribution < 1.29 is 9.47 Å². The van der Waals surface area contributed by atoms with Crippen LogP contribution in [-0.4, -0.2) is 30.8 Å². The van der Waals surface area contributed by atoms with Crippen LogP contribution >= 0.6 is 0 Å². The average Bonchev–Trinajstić information content (AvgIpc) is 2.88. The molecule has 0 aliphatic carbocycles. The van der Waals surface area contributed by atoms with Crippen molar-refractivity contribution in [2.75, 3.05) is 19.8 Å². The maximum atomic E-state index is 5.85. The van der Waals surface area contributed by atoms with Crippen molar-refractivity contribution in [3.8, 4) is 5.75 Å². The van der Waals surface area contributed by atoms with E-state index in [1.165, 1.54) is 0 Å². The van der Waals surface area contributed by atoms with Gasteiger partial charge in [0, 0.05) is 18.8 Å². The molecule has 2 rings (SSSR count). The van der Waals surface area contributed by atoms with Crippen LogP contribution in [0.2, 0.25) is 0 Å². The van der Waals surface area contributed by atoms with Crippen LogP contribution in [0.5, 0.6) is 5.75 Å². The van der Waals surface area contributed by atoms with E-state index in [0.717, 1.165) is 49.7 Å². The van der Waals surface area contributed by atoms with E-state index in [0.29, 0.717) is 6.61 Å². The third-order valence-corrected chi connectivity index (χ3v) is 3.06. The minimum absolute atomic E-state index is 0.248. The number of hydrogen-bond donors (Lipinski definition) is 1. The van der Waals surface area contributed by atoms with Gasteiger partial charge in [0.1, 0.15) is 12.4 Å². The highest BCUT2D eigenvalue weighted by Crippen LogP contribution is 2.19.